The number of urea groups is 1. The normalized spacial score (nSPS) is 25.0. The van der Waals surface area contributed by atoms with E-state index >= 15 is 0 Å². The number of hydrogen-bond acceptors (Lipinski definition) is 4. The summed E-state index contributed by atoms with van der Waals surface area (Å²) >= 11 is 0. The molecule has 0 aromatic heterocycles. The lowest BCUT2D eigenvalue weighted by Crippen LogP contribution is -2.44. The van der Waals surface area contributed by atoms with Crippen molar-refractivity contribution in [2.45, 2.75) is 50.1 Å². The number of nitrogens with zero attached hydrogens (tertiary/aromatic N) is 2. The van der Waals surface area contributed by atoms with Gasteiger partial charge in [0.25, 0.3) is 5.91 Å². The fraction of sp³-hybridized carbons (Fsp3) is 0.417. The van der Waals surface area contributed by atoms with Crippen LogP contribution in [0.5, 0.6) is 0 Å². The molecule has 4 rings (SSSR count). The number of amides is 3. The van der Waals surface area contributed by atoms with E-state index in [4.69, 9.17) is 5.73 Å². The third-order valence-corrected chi connectivity index (χ3v) is 8.96. The summed E-state index contributed by atoms with van der Waals surface area (Å²) in [5, 5.41) is 2.39. The van der Waals surface area contributed by atoms with Gasteiger partial charge in [-0.2, -0.15) is 4.31 Å². The summed E-state index contributed by atoms with van der Waals surface area (Å²) in [6.07, 6.45) is 2.07. The predicted octanol–water partition coefficient (Wildman–Crippen LogP) is 2.62. The fourth-order valence-electron chi connectivity index (χ4n) is 4.64. The highest BCUT2D eigenvalue weighted by Crippen LogP contribution is 2.38. The van der Waals surface area contributed by atoms with Crippen LogP contribution in [0.4, 0.5) is 4.79 Å². The van der Waals surface area contributed by atoms with Crippen molar-refractivity contribution >= 4 is 22.0 Å². The zero-order valence-corrected chi connectivity index (χ0v) is 19.5. The first kappa shape index (κ1) is 23.3. The van der Waals surface area contributed by atoms with Crippen LogP contribution in [0, 0.1) is 0 Å². The molecule has 3 atom stereocenters. The Kier molecular flexibility index (Phi) is 6.71. The van der Waals surface area contributed by atoms with E-state index in [2.05, 4.69) is 5.32 Å². The fourth-order valence-corrected chi connectivity index (χ4v) is 6.84. The first-order chi connectivity index (χ1) is 15.8. The Hall–Kier alpha value is -2.91. The van der Waals surface area contributed by atoms with Crippen molar-refractivity contribution in [3.8, 4) is 0 Å². The molecule has 176 valence electrons. The van der Waals surface area contributed by atoms with Gasteiger partial charge in [0.15, 0.2) is 0 Å². The first-order valence-corrected chi connectivity index (χ1v) is 12.8. The van der Waals surface area contributed by atoms with Gasteiger partial charge >= 0.3 is 6.03 Å². The number of nitrogens with one attached hydrogen (secondary N) is 1. The maximum absolute atomic E-state index is 13.4. The van der Waals surface area contributed by atoms with Gasteiger partial charge in [-0.25, -0.2) is 13.2 Å². The van der Waals surface area contributed by atoms with Gasteiger partial charge in [0.05, 0.1) is 0 Å². The van der Waals surface area contributed by atoms with Crippen LogP contribution in [0.25, 0.3) is 0 Å². The maximum Gasteiger partial charge on any atom is 0.314 e. The molecule has 0 spiro atoms. The molecular formula is C24H30N4O4S. The van der Waals surface area contributed by atoms with Crippen LogP contribution in [-0.4, -0.2) is 54.7 Å². The van der Waals surface area contributed by atoms with Crippen molar-refractivity contribution in [1.29, 1.82) is 0 Å². The molecule has 2 saturated heterocycles. The van der Waals surface area contributed by atoms with Gasteiger partial charge in [-0.05, 0) is 49.4 Å². The predicted molar refractivity (Wildman–Crippen MR) is 126 cm³/mol. The number of carbonyl (C=O) groups excluding carboxylic acids is 2. The number of benzene rings is 2. The van der Waals surface area contributed by atoms with Gasteiger partial charge in [0.2, 0.25) is 10.0 Å². The molecule has 8 nitrogen and oxygen atoms in total. The number of nitrogens with two attached hydrogens (primary N) is 1. The topological polar surface area (TPSA) is 113 Å². The van der Waals surface area contributed by atoms with E-state index < -0.39 is 21.3 Å². The van der Waals surface area contributed by atoms with Crippen LogP contribution in [0.2, 0.25) is 0 Å². The zero-order chi connectivity index (χ0) is 23.6. The SMILES string of the molecule is C[C@H]1CCC(c2ccccc2)S(=O)(=O)N1Cc1ccc(C(=O)N[C@@H]2CCN(C(N)=O)C2)cc1. The number of rotatable bonds is 5. The molecule has 3 N–H and O–H groups in total. The van der Waals surface area contributed by atoms with Crippen LogP contribution in [-0.2, 0) is 16.6 Å². The Morgan fingerprint density at radius 2 is 1.73 bits per heavy atom. The van der Waals surface area contributed by atoms with Crippen molar-refractivity contribution in [1.82, 2.24) is 14.5 Å². The average molecular weight is 471 g/mol. The number of sulfonamides is 1. The Morgan fingerprint density at radius 1 is 1.03 bits per heavy atom. The van der Waals surface area contributed by atoms with Gasteiger partial charge in [0.1, 0.15) is 5.25 Å². The van der Waals surface area contributed by atoms with E-state index in [1.54, 1.807) is 28.6 Å². The van der Waals surface area contributed by atoms with Gasteiger partial charge in [-0.1, -0.05) is 42.5 Å². The van der Waals surface area contributed by atoms with Crippen molar-refractivity contribution in [2.75, 3.05) is 13.1 Å². The molecular weight excluding hydrogens is 440 g/mol. The molecule has 33 heavy (non-hydrogen) atoms. The Labute approximate surface area is 194 Å². The summed E-state index contributed by atoms with van der Waals surface area (Å²) in [5.41, 5.74) is 7.44. The molecule has 2 fully saturated rings. The van der Waals surface area contributed by atoms with Crippen LogP contribution < -0.4 is 11.1 Å². The van der Waals surface area contributed by atoms with E-state index in [0.717, 1.165) is 17.5 Å². The summed E-state index contributed by atoms with van der Waals surface area (Å²) < 4.78 is 28.4. The summed E-state index contributed by atoms with van der Waals surface area (Å²) in [6, 6.07) is 15.7. The molecule has 2 aliphatic heterocycles. The molecule has 3 amide bonds. The summed E-state index contributed by atoms with van der Waals surface area (Å²) in [7, 11) is -3.51. The second kappa shape index (κ2) is 9.52. The molecule has 0 bridgehead atoms. The van der Waals surface area contributed by atoms with E-state index in [0.29, 0.717) is 31.5 Å². The molecule has 2 heterocycles. The van der Waals surface area contributed by atoms with Crippen molar-refractivity contribution < 1.29 is 18.0 Å². The van der Waals surface area contributed by atoms with E-state index in [1.165, 1.54) is 4.90 Å². The van der Waals surface area contributed by atoms with Crippen LogP contribution in [0.1, 0.15) is 52.9 Å². The van der Waals surface area contributed by atoms with E-state index in [9.17, 15) is 18.0 Å². The molecule has 2 aromatic carbocycles. The van der Waals surface area contributed by atoms with Crippen molar-refractivity contribution in [2.24, 2.45) is 5.73 Å². The number of primary amides is 1. The largest absolute Gasteiger partial charge is 0.351 e. The third kappa shape index (κ3) is 5.04. The molecule has 9 heteroatoms. The van der Waals surface area contributed by atoms with Crippen LogP contribution >= 0.6 is 0 Å². The Bertz CT molecular complexity index is 1110. The second-order valence-electron chi connectivity index (χ2n) is 8.86. The van der Waals surface area contributed by atoms with Gasteiger partial charge in [-0.15, -0.1) is 0 Å². The van der Waals surface area contributed by atoms with Crippen molar-refractivity contribution in [3.05, 3.63) is 71.3 Å². The molecule has 0 radical (unpaired) electrons. The minimum atomic E-state index is -3.51. The Morgan fingerprint density at radius 3 is 2.36 bits per heavy atom. The lowest BCUT2D eigenvalue weighted by Gasteiger charge is -2.37. The molecule has 2 aliphatic rings. The quantitative estimate of drug-likeness (QED) is 0.699. The summed E-state index contributed by atoms with van der Waals surface area (Å²) in [6.45, 7) is 3.15. The molecule has 2 aromatic rings. The number of hydrogen-bond donors (Lipinski definition) is 2. The maximum atomic E-state index is 13.4. The lowest BCUT2D eigenvalue weighted by atomic mass is 10.0. The van der Waals surface area contributed by atoms with E-state index in [1.807, 2.05) is 37.3 Å². The monoisotopic (exact) mass is 470 g/mol. The molecule has 0 saturated carbocycles. The molecule has 0 aliphatic carbocycles. The number of carbonyl (C=O) groups is 2. The lowest BCUT2D eigenvalue weighted by molar-refractivity contribution is 0.0938. The smallest absolute Gasteiger partial charge is 0.314 e. The minimum Gasteiger partial charge on any atom is -0.351 e. The third-order valence-electron chi connectivity index (χ3n) is 6.59. The zero-order valence-electron chi connectivity index (χ0n) is 18.7. The van der Waals surface area contributed by atoms with Gasteiger partial charge in [-0.3, -0.25) is 4.79 Å². The average Bonchev–Trinajstić information content (AvgIpc) is 3.26. The van der Waals surface area contributed by atoms with E-state index in [-0.39, 0.29) is 24.5 Å². The highest BCUT2D eigenvalue weighted by Gasteiger charge is 2.40. The van der Waals surface area contributed by atoms with Crippen LogP contribution in [0.3, 0.4) is 0 Å². The standard InChI is InChI=1S/C24H30N4O4S/c1-17-7-12-22(19-5-3-2-4-6-19)33(31,32)28(17)15-18-8-10-20(11-9-18)23(29)26-21-13-14-27(16-21)24(25)30/h2-6,8-11,17,21-22H,7,12-16H2,1H3,(H2,25,30)(H,26,29)/t17-,21+,22?/m0/s1. The molecule has 1 unspecified atom stereocenters. The van der Waals surface area contributed by atoms with Crippen molar-refractivity contribution in [3.63, 3.8) is 0 Å². The highest BCUT2D eigenvalue weighted by molar-refractivity contribution is 7.89. The van der Waals surface area contributed by atoms with Crippen LogP contribution in [0.15, 0.2) is 54.6 Å². The first-order valence-electron chi connectivity index (χ1n) is 11.3. The summed E-state index contributed by atoms with van der Waals surface area (Å²) in [5.74, 6) is -0.221. The van der Waals surface area contributed by atoms with Gasteiger partial charge in [0, 0.05) is 37.3 Å². The van der Waals surface area contributed by atoms with Gasteiger partial charge < -0.3 is 16.0 Å². The second-order valence-corrected chi connectivity index (χ2v) is 10.9. The minimum absolute atomic E-state index is 0.0893. The Balaban J connectivity index is 1.42. The summed E-state index contributed by atoms with van der Waals surface area (Å²) in [4.78, 5) is 25.4. The number of likely N-dealkylation sites (tertiary alicyclic amines) is 1. The highest BCUT2D eigenvalue weighted by atomic mass is 32.2.